The minimum Gasteiger partial charge on any atom is -0.490 e. The third-order valence-corrected chi connectivity index (χ3v) is 3.85. The summed E-state index contributed by atoms with van der Waals surface area (Å²) in [5, 5.41) is 0. The lowest BCUT2D eigenvalue weighted by Crippen LogP contribution is -2.12. The van der Waals surface area contributed by atoms with Crippen molar-refractivity contribution in [2.45, 2.75) is 27.4 Å². The Morgan fingerprint density at radius 3 is 1.93 bits per heavy atom. The van der Waals surface area contributed by atoms with Gasteiger partial charge in [0.25, 0.3) is 0 Å². The summed E-state index contributed by atoms with van der Waals surface area (Å²) in [7, 11) is 0. The Morgan fingerprint density at radius 2 is 1.40 bits per heavy atom. The molecule has 0 unspecified atom stereocenters. The van der Waals surface area contributed by atoms with Crippen molar-refractivity contribution in [1.82, 2.24) is 0 Å². The van der Waals surface area contributed by atoms with Crippen LogP contribution in [0.15, 0.2) is 85.0 Å². The van der Waals surface area contributed by atoms with E-state index in [4.69, 9.17) is 14.2 Å². The van der Waals surface area contributed by atoms with Crippen LogP contribution in [-0.2, 0) is 25.7 Å². The molecule has 2 aromatic rings. The first-order chi connectivity index (χ1) is 14.3. The SMILES string of the molecule is C=C(C(=O)OCc1ccccc1)C(C)C.C=C(C)C(=O)OCCOc1ccccc1. The monoisotopic (exact) mass is 410 g/mol. The Bertz CT molecular complexity index is 810. The van der Waals surface area contributed by atoms with Crippen LogP contribution in [0.5, 0.6) is 5.75 Å². The third-order valence-electron chi connectivity index (χ3n) is 3.85. The van der Waals surface area contributed by atoms with Crippen molar-refractivity contribution in [1.29, 1.82) is 0 Å². The molecular weight excluding hydrogens is 380 g/mol. The number of carbonyl (C=O) groups excluding carboxylic acids is 2. The summed E-state index contributed by atoms with van der Waals surface area (Å²) in [6.45, 7) is 13.5. The van der Waals surface area contributed by atoms with Gasteiger partial charge in [-0.2, -0.15) is 0 Å². The molecule has 5 nitrogen and oxygen atoms in total. The molecule has 0 atom stereocenters. The molecule has 0 fully saturated rings. The number of ether oxygens (including phenoxy) is 3. The molecule has 0 aromatic heterocycles. The number of benzene rings is 2. The Kier molecular flexibility index (Phi) is 11.3. The molecule has 2 rings (SSSR count). The van der Waals surface area contributed by atoms with Gasteiger partial charge in [-0.05, 0) is 30.5 Å². The van der Waals surface area contributed by atoms with Crippen molar-refractivity contribution in [3.8, 4) is 5.75 Å². The van der Waals surface area contributed by atoms with E-state index in [9.17, 15) is 9.59 Å². The maximum Gasteiger partial charge on any atom is 0.333 e. The van der Waals surface area contributed by atoms with Crippen LogP contribution in [0.3, 0.4) is 0 Å². The van der Waals surface area contributed by atoms with Gasteiger partial charge >= 0.3 is 11.9 Å². The number of hydrogen-bond acceptors (Lipinski definition) is 5. The van der Waals surface area contributed by atoms with Crippen LogP contribution >= 0.6 is 0 Å². The molecule has 0 aliphatic carbocycles. The lowest BCUT2D eigenvalue weighted by Gasteiger charge is -2.09. The molecule has 0 aliphatic rings. The zero-order valence-electron chi connectivity index (χ0n) is 17.9. The van der Waals surface area contributed by atoms with E-state index in [-0.39, 0.29) is 24.5 Å². The highest BCUT2D eigenvalue weighted by molar-refractivity contribution is 5.88. The second-order valence-electron chi connectivity index (χ2n) is 6.82. The summed E-state index contributed by atoms with van der Waals surface area (Å²) in [6.07, 6.45) is 0. The Labute approximate surface area is 179 Å². The number of para-hydroxylation sites is 1. The van der Waals surface area contributed by atoms with Crippen LogP contribution in [0.2, 0.25) is 0 Å². The number of hydrogen-bond donors (Lipinski definition) is 0. The number of esters is 2. The second kappa shape index (κ2) is 13.8. The van der Waals surface area contributed by atoms with Gasteiger partial charge in [-0.15, -0.1) is 0 Å². The Balaban J connectivity index is 0.000000300. The fourth-order valence-electron chi connectivity index (χ4n) is 1.99. The van der Waals surface area contributed by atoms with E-state index < -0.39 is 0 Å². The Morgan fingerprint density at radius 1 is 0.833 bits per heavy atom. The molecule has 30 heavy (non-hydrogen) atoms. The molecular formula is C25H30O5. The van der Waals surface area contributed by atoms with Gasteiger partial charge in [0.15, 0.2) is 0 Å². The minimum atomic E-state index is -0.383. The van der Waals surface area contributed by atoms with Crippen LogP contribution in [0.1, 0.15) is 26.3 Å². The largest absolute Gasteiger partial charge is 0.490 e. The van der Waals surface area contributed by atoms with Crippen molar-refractivity contribution < 1.29 is 23.8 Å². The zero-order chi connectivity index (χ0) is 22.4. The second-order valence-corrected chi connectivity index (χ2v) is 6.82. The van der Waals surface area contributed by atoms with Crippen molar-refractivity contribution >= 4 is 11.9 Å². The van der Waals surface area contributed by atoms with Crippen molar-refractivity contribution in [3.05, 3.63) is 90.5 Å². The molecule has 0 spiro atoms. The first-order valence-corrected chi connectivity index (χ1v) is 9.71. The molecule has 0 bridgehead atoms. The highest BCUT2D eigenvalue weighted by Gasteiger charge is 2.11. The van der Waals surface area contributed by atoms with Crippen molar-refractivity contribution in [2.75, 3.05) is 13.2 Å². The summed E-state index contributed by atoms with van der Waals surface area (Å²) >= 11 is 0. The molecule has 0 saturated heterocycles. The fourth-order valence-corrected chi connectivity index (χ4v) is 1.99. The van der Waals surface area contributed by atoms with Crippen LogP contribution in [0.25, 0.3) is 0 Å². The predicted octanol–water partition coefficient (Wildman–Crippen LogP) is 5.13. The average Bonchev–Trinajstić information content (AvgIpc) is 2.76. The van der Waals surface area contributed by atoms with E-state index >= 15 is 0 Å². The van der Waals surface area contributed by atoms with E-state index in [0.717, 1.165) is 11.3 Å². The topological polar surface area (TPSA) is 61.8 Å². The lowest BCUT2D eigenvalue weighted by atomic mass is 10.1. The van der Waals surface area contributed by atoms with Crippen molar-refractivity contribution in [3.63, 3.8) is 0 Å². The molecule has 2 aromatic carbocycles. The highest BCUT2D eigenvalue weighted by atomic mass is 16.6. The van der Waals surface area contributed by atoms with Crippen LogP contribution in [0.4, 0.5) is 0 Å². The smallest absolute Gasteiger partial charge is 0.333 e. The molecule has 0 saturated carbocycles. The maximum atomic E-state index is 11.4. The first kappa shape index (κ1) is 24.7. The highest BCUT2D eigenvalue weighted by Crippen LogP contribution is 2.10. The quantitative estimate of drug-likeness (QED) is 0.326. The summed E-state index contributed by atoms with van der Waals surface area (Å²) < 4.78 is 15.3. The summed E-state index contributed by atoms with van der Waals surface area (Å²) in [4.78, 5) is 22.4. The normalized spacial score (nSPS) is 9.73. The van der Waals surface area contributed by atoms with E-state index in [1.165, 1.54) is 0 Å². The van der Waals surface area contributed by atoms with Gasteiger partial charge in [-0.3, -0.25) is 0 Å². The molecule has 5 heteroatoms. The van der Waals surface area contributed by atoms with Gasteiger partial charge in [0.2, 0.25) is 0 Å². The lowest BCUT2D eigenvalue weighted by molar-refractivity contribution is -0.141. The first-order valence-electron chi connectivity index (χ1n) is 9.71. The van der Waals surface area contributed by atoms with Gasteiger partial charge in [0.1, 0.15) is 25.6 Å². The predicted molar refractivity (Wildman–Crippen MR) is 118 cm³/mol. The zero-order valence-corrected chi connectivity index (χ0v) is 17.9. The number of carbonyl (C=O) groups is 2. The maximum absolute atomic E-state index is 11.4. The van der Waals surface area contributed by atoms with Crippen LogP contribution in [0, 0.1) is 5.92 Å². The van der Waals surface area contributed by atoms with Gasteiger partial charge in [0, 0.05) is 11.1 Å². The molecule has 0 heterocycles. The summed E-state index contributed by atoms with van der Waals surface area (Å²) in [5.41, 5.74) is 1.91. The van der Waals surface area contributed by atoms with Gasteiger partial charge < -0.3 is 14.2 Å². The molecule has 160 valence electrons. The minimum absolute atomic E-state index is 0.133. The number of rotatable bonds is 9. The van der Waals surface area contributed by atoms with Crippen LogP contribution < -0.4 is 4.74 Å². The van der Waals surface area contributed by atoms with E-state index in [0.29, 0.717) is 24.4 Å². The van der Waals surface area contributed by atoms with Gasteiger partial charge in [-0.1, -0.05) is 75.5 Å². The van der Waals surface area contributed by atoms with E-state index in [1.807, 2.05) is 74.5 Å². The van der Waals surface area contributed by atoms with Crippen LogP contribution in [-0.4, -0.2) is 25.2 Å². The van der Waals surface area contributed by atoms with E-state index in [2.05, 4.69) is 13.2 Å². The molecule has 0 aliphatic heterocycles. The molecule has 0 N–H and O–H groups in total. The average molecular weight is 411 g/mol. The molecule has 0 amide bonds. The molecule has 0 radical (unpaired) electrons. The third kappa shape index (κ3) is 10.3. The summed E-state index contributed by atoms with van der Waals surface area (Å²) in [5.74, 6) is 0.206. The summed E-state index contributed by atoms with van der Waals surface area (Å²) in [6, 6.07) is 19.0. The van der Waals surface area contributed by atoms with E-state index in [1.54, 1.807) is 6.92 Å². The Hall–Kier alpha value is -3.34. The van der Waals surface area contributed by atoms with Gasteiger partial charge in [0.05, 0.1) is 0 Å². The van der Waals surface area contributed by atoms with Gasteiger partial charge in [-0.25, -0.2) is 9.59 Å². The van der Waals surface area contributed by atoms with Crippen molar-refractivity contribution in [2.24, 2.45) is 5.92 Å². The fraction of sp³-hybridized carbons (Fsp3) is 0.280. The standard InChI is InChI=1S/C13H16O2.C12H14O3/c1-10(2)11(3)13(14)15-9-12-7-5-4-6-8-12;1-10(2)12(13)15-9-8-14-11-6-4-3-5-7-11/h4-8,10H,3,9H2,1-2H3;3-7H,1,8-9H2,2H3.